The molecule has 1 aromatic heterocycles. The van der Waals surface area contributed by atoms with Crippen LogP contribution in [0.3, 0.4) is 0 Å². The Morgan fingerprint density at radius 3 is 2.65 bits per heavy atom. The Labute approximate surface area is 152 Å². The van der Waals surface area contributed by atoms with Crippen molar-refractivity contribution in [2.75, 3.05) is 18.6 Å². The number of methoxy groups -OCH3 is 1. The van der Waals surface area contributed by atoms with E-state index in [9.17, 15) is 5.26 Å². The molecule has 1 aliphatic rings. The predicted octanol–water partition coefficient (Wildman–Crippen LogP) is 4.17. The molecule has 0 amide bonds. The molecule has 130 valence electrons. The number of nitriles is 1. The van der Waals surface area contributed by atoms with Gasteiger partial charge >= 0.3 is 0 Å². The molecule has 3 aromatic rings. The van der Waals surface area contributed by atoms with Crippen molar-refractivity contribution in [1.82, 2.24) is 10.2 Å². The van der Waals surface area contributed by atoms with Crippen LogP contribution in [-0.2, 0) is 0 Å². The average Bonchev–Trinajstić information content (AvgIpc) is 3.53. The first-order chi connectivity index (χ1) is 12.7. The van der Waals surface area contributed by atoms with Gasteiger partial charge in [-0.1, -0.05) is 18.2 Å². The molecule has 1 fully saturated rings. The number of aromatic nitrogens is 2. The van der Waals surface area contributed by atoms with Crippen LogP contribution < -0.4 is 9.64 Å². The van der Waals surface area contributed by atoms with E-state index < -0.39 is 0 Å². The maximum absolute atomic E-state index is 9.52. The smallest absolute Gasteiger partial charge is 0.187 e. The van der Waals surface area contributed by atoms with Crippen molar-refractivity contribution < 1.29 is 4.74 Å². The zero-order chi connectivity index (χ0) is 18.1. The van der Waals surface area contributed by atoms with E-state index in [2.05, 4.69) is 40.2 Å². The summed E-state index contributed by atoms with van der Waals surface area (Å²) in [7, 11) is 1.66. The van der Waals surface area contributed by atoms with Gasteiger partial charge in [-0.05, 0) is 55.2 Å². The highest BCUT2D eigenvalue weighted by Gasteiger charge is 2.31. The van der Waals surface area contributed by atoms with Crippen molar-refractivity contribution in [3.05, 3.63) is 48.2 Å². The van der Waals surface area contributed by atoms with Gasteiger partial charge in [-0.25, -0.2) is 0 Å². The first-order valence-electron chi connectivity index (χ1n) is 8.86. The zero-order valence-corrected chi connectivity index (χ0v) is 14.9. The van der Waals surface area contributed by atoms with Gasteiger partial charge in [0, 0.05) is 18.0 Å². The molecular weight excluding hydrogens is 324 g/mol. The van der Waals surface area contributed by atoms with Crippen molar-refractivity contribution in [2.45, 2.75) is 25.8 Å². The molecule has 0 spiro atoms. The van der Waals surface area contributed by atoms with Crippen LogP contribution in [0.5, 0.6) is 5.75 Å². The SMILES string of the molecule is CCN(c1c(C#N)nnc2cc(-c3cccc(OC)c3)ccc12)C1CC1. The second-order valence-electron chi connectivity index (χ2n) is 6.49. The topological polar surface area (TPSA) is 62.0 Å². The second-order valence-corrected chi connectivity index (χ2v) is 6.49. The van der Waals surface area contributed by atoms with Gasteiger partial charge in [0.15, 0.2) is 5.69 Å². The Balaban J connectivity index is 1.86. The standard InChI is InChI=1S/C21H20N4O/c1-3-25(16-8-9-16)21-18-10-7-15(12-19(18)23-24-20(21)13-22)14-5-4-6-17(11-14)26-2/h4-7,10-12,16H,3,8-9H2,1-2H3. The maximum atomic E-state index is 9.52. The Hall–Kier alpha value is -3.13. The molecule has 1 saturated carbocycles. The highest BCUT2D eigenvalue weighted by Crippen LogP contribution is 2.37. The van der Waals surface area contributed by atoms with Crippen LogP contribution in [0, 0.1) is 11.3 Å². The number of benzene rings is 2. The van der Waals surface area contributed by atoms with Gasteiger partial charge in [0.1, 0.15) is 11.8 Å². The molecule has 4 rings (SSSR count). The summed E-state index contributed by atoms with van der Waals surface area (Å²) in [6.45, 7) is 2.98. The Morgan fingerprint density at radius 1 is 1.15 bits per heavy atom. The number of rotatable bonds is 5. The molecule has 2 aromatic carbocycles. The van der Waals surface area contributed by atoms with Crippen LogP contribution in [0.2, 0.25) is 0 Å². The summed E-state index contributed by atoms with van der Waals surface area (Å²) in [6, 6.07) is 16.8. The second kappa shape index (κ2) is 6.64. The number of hydrogen-bond donors (Lipinski definition) is 0. The lowest BCUT2D eigenvalue weighted by Crippen LogP contribution is -2.26. The molecule has 0 radical (unpaired) electrons. The molecule has 0 saturated heterocycles. The van der Waals surface area contributed by atoms with Gasteiger partial charge < -0.3 is 9.64 Å². The van der Waals surface area contributed by atoms with E-state index in [4.69, 9.17) is 4.74 Å². The summed E-state index contributed by atoms with van der Waals surface area (Å²) in [5.41, 5.74) is 4.24. The van der Waals surface area contributed by atoms with Crippen LogP contribution in [0.1, 0.15) is 25.5 Å². The van der Waals surface area contributed by atoms with E-state index >= 15 is 0 Å². The third kappa shape index (κ3) is 2.84. The third-order valence-corrected chi connectivity index (χ3v) is 4.86. The minimum Gasteiger partial charge on any atom is -0.497 e. The largest absolute Gasteiger partial charge is 0.497 e. The minimum atomic E-state index is 0.403. The van der Waals surface area contributed by atoms with Gasteiger partial charge in [0.25, 0.3) is 0 Å². The van der Waals surface area contributed by atoms with Crippen molar-refractivity contribution in [3.8, 4) is 22.9 Å². The van der Waals surface area contributed by atoms with E-state index in [1.54, 1.807) is 7.11 Å². The molecular formula is C21H20N4O. The molecule has 26 heavy (non-hydrogen) atoms. The Bertz CT molecular complexity index is 1000. The molecule has 0 N–H and O–H groups in total. The quantitative estimate of drug-likeness (QED) is 0.695. The fourth-order valence-electron chi connectivity index (χ4n) is 3.43. The summed E-state index contributed by atoms with van der Waals surface area (Å²) in [5, 5.41) is 19.0. The number of anilines is 1. The fraction of sp³-hybridized carbons (Fsp3) is 0.286. The zero-order valence-electron chi connectivity index (χ0n) is 14.9. The van der Waals surface area contributed by atoms with Crippen LogP contribution in [-0.4, -0.2) is 29.9 Å². The number of ether oxygens (including phenoxy) is 1. The molecule has 1 aliphatic carbocycles. The monoisotopic (exact) mass is 344 g/mol. The summed E-state index contributed by atoms with van der Waals surface area (Å²) in [6.07, 6.45) is 2.34. The van der Waals surface area contributed by atoms with E-state index in [-0.39, 0.29) is 0 Å². The van der Waals surface area contributed by atoms with Gasteiger partial charge in [0.05, 0.1) is 18.3 Å². The predicted molar refractivity (Wildman–Crippen MR) is 102 cm³/mol. The van der Waals surface area contributed by atoms with E-state index in [1.165, 1.54) is 12.8 Å². The molecule has 5 nitrogen and oxygen atoms in total. The van der Waals surface area contributed by atoms with Crippen molar-refractivity contribution in [2.24, 2.45) is 0 Å². The lowest BCUT2D eigenvalue weighted by atomic mass is 10.0. The fourth-order valence-corrected chi connectivity index (χ4v) is 3.43. The highest BCUT2D eigenvalue weighted by atomic mass is 16.5. The normalized spacial score (nSPS) is 13.4. The van der Waals surface area contributed by atoms with Gasteiger partial charge in [-0.2, -0.15) is 5.26 Å². The number of nitrogens with zero attached hydrogens (tertiary/aromatic N) is 4. The molecule has 5 heteroatoms. The van der Waals surface area contributed by atoms with Crippen molar-refractivity contribution in [1.29, 1.82) is 5.26 Å². The molecule has 0 aliphatic heterocycles. The lowest BCUT2D eigenvalue weighted by molar-refractivity contribution is 0.415. The maximum Gasteiger partial charge on any atom is 0.187 e. The minimum absolute atomic E-state index is 0.403. The number of fused-ring (bicyclic) bond motifs is 1. The third-order valence-electron chi connectivity index (χ3n) is 4.86. The van der Waals surface area contributed by atoms with E-state index in [0.29, 0.717) is 11.7 Å². The lowest BCUT2D eigenvalue weighted by Gasteiger charge is -2.24. The van der Waals surface area contributed by atoms with Crippen LogP contribution in [0.4, 0.5) is 5.69 Å². The highest BCUT2D eigenvalue weighted by molar-refractivity contribution is 5.96. The average molecular weight is 344 g/mol. The van der Waals surface area contributed by atoms with Crippen molar-refractivity contribution in [3.63, 3.8) is 0 Å². The first-order valence-corrected chi connectivity index (χ1v) is 8.86. The Kier molecular flexibility index (Phi) is 4.18. The Morgan fingerprint density at radius 2 is 1.96 bits per heavy atom. The summed E-state index contributed by atoms with van der Waals surface area (Å²) in [5.74, 6) is 0.820. The van der Waals surface area contributed by atoms with Crippen molar-refractivity contribution >= 4 is 16.6 Å². The van der Waals surface area contributed by atoms with E-state index in [1.807, 2.05) is 30.3 Å². The van der Waals surface area contributed by atoms with Gasteiger partial charge in [-0.15, -0.1) is 10.2 Å². The van der Waals surface area contributed by atoms with Crippen LogP contribution >= 0.6 is 0 Å². The summed E-state index contributed by atoms with van der Waals surface area (Å²) in [4.78, 5) is 2.29. The molecule has 0 atom stereocenters. The van der Waals surface area contributed by atoms with Gasteiger partial charge in [-0.3, -0.25) is 0 Å². The summed E-state index contributed by atoms with van der Waals surface area (Å²) < 4.78 is 5.32. The van der Waals surface area contributed by atoms with Crippen LogP contribution in [0.15, 0.2) is 42.5 Å². The molecule has 0 bridgehead atoms. The van der Waals surface area contributed by atoms with E-state index in [0.717, 1.165) is 40.0 Å². The number of hydrogen-bond acceptors (Lipinski definition) is 5. The summed E-state index contributed by atoms with van der Waals surface area (Å²) >= 11 is 0. The van der Waals surface area contributed by atoms with Crippen LogP contribution in [0.25, 0.3) is 22.0 Å². The first kappa shape index (κ1) is 16.3. The molecule has 0 unspecified atom stereocenters. The molecule has 1 heterocycles. The van der Waals surface area contributed by atoms with Gasteiger partial charge in [0.2, 0.25) is 0 Å².